The molecule has 0 aliphatic carbocycles. The van der Waals surface area contributed by atoms with Crippen molar-refractivity contribution in [1.29, 1.82) is 0 Å². The molecule has 2 rings (SSSR count). The number of hydrogen-bond donors (Lipinski definition) is 0. The van der Waals surface area contributed by atoms with E-state index in [0.717, 1.165) is 24.0 Å². The average molecular weight is 227 g/mol. The normalized spacial score (nSPS) is 10.5. The lowest BCUT2D eigenvalue weighted by Crippen LogP contribution is -1.94. The second-order valence-electron chi connectivity index (χ2n) is 4.19. The molecule has 0 nitrogen and oxygen atoms in total. The Labute approximate surface area is 102 Å². The van der Waals surface area contributed by atoms with E-state index in [0.29, 0.717) is 6.42 Å². The third-order valence-corrected chi connectivity index (χ3v) is 2.81. The SMILES string of the molecule is [CH2]CCc1cc(Cc2ccccc2)ccc1F. The summed E-state index contributed by atoms with van der Waals surface area (Å²) < 4.78 is 13.5. The summed E-state index contributed by atoms with van der Waals surface area (Å²) in [4.78, 5) is 0. The van der Waals surface area contributed by atoms with Crippen molar-refractivity contribution >= 4 is 0 Å². The van der Waals surface area contributed by atoms with Gasteiger partial charge in [-0.05, 0) is 42.0 Å². The van der Waals surface area contributed by atoms with E-state index in [4.69, 9.17) is 0 Å². The summed E-state index contributed by atoms with van der Waals surface area (Å²) in [7, 11) is 0. The predicted octanol–water partition coefficient (Wildman–Crippen LogP) is 4.18. The summed E-state index contributed by atoms with van der Waals surface area (Å²) in [5.74, 6) is -0.120. The fourth-order valence-electron chi connectivity index (χ4n) is 1.95. The van der Waals surface area contributed by atoms with Crippen LogP contribution in [0.5, 0.6) is 0 Å². The average Bonchev–Trinajstić information content (AvgIpc) is 2.35. The smallest absolute Gasteiger partial charge is 0.126 e. The van der Waals surface area contributed by atoms with Crippen LogP contribution < -0.4 is 0 Å². The molecule has 0 unspecified atom stereocenters. The summed E-state index contributed by atoms with van der Waals surface area (Å²) in [5.41, 5.74) is 3.18. The molecule has 0 fully saturated rings. The third kappa shape index (κ3) is 3.16. The lowest BCUT2D eigenvalue weighted by Gasteiger charge is -2.06. The van der Waals surface area contributed by atoms with Crippen molar-refractivity contribution in [3.05, 3.63) is 78.0 Å². The Morgan fingerprint density at radius 3 is 2.41 bits per heavy atom. The monoisotopic (exact) mass is 227 g/mol. The van der Waals surface area contributed by atoms with Crippen molar-refractivity contribution in [2.24, 2.45) is 0 Å². The van der Waals surface area contributed by atoms with Crippen LogP contribution in [0.15, 0.2) is 48.5 Å². The lowest BCUT2D eigenvalue weighted by molar-refractivity contribution is 0.608. The van der Waals surface area contributed by atoms with E-state index >= 15 is 0 Å². The van der Waals surface area contributed by atoms with Crippen LogP contribution in [0.3, 0.4) is 0 Å². The molecule has 0 saturated carbocycles. The van der Waals surface area contributed by atoms with Gasteiger partial charge in [0.2, 0.25) is 0 Å². The molecule has 2 aromatic carbocycles. The van der Waals surface area contributed by atoms with Crippen molar-refractivity contribution in [2.75, 3.05) is 0 Å². The van der Waals surface area contributed by atoms with E-state index in [-0.39, 0.29) is 5.82 Å². The topological polar surface area (TPSA) is 0 Å². The number of aryl methyl sites for hydroxylation is 1. The van der Waals surface area contributed by atoms with E-state index in [9.17, 15) is 4.39 Å². The van der Waals surface area contributed by atoms with Gasteiger partial charge in [0.05, 0.1) is 0 Å². The van der Waals surface area contributed by atoms with Crippen molar-refractivity contribution < 1.29 is 4.39 Å². The second-order valence-corrected chi connectivity index (χ2v) is 4.19. The minimum atomic E-state index is -0.120. The molecule has 0 N–H and O–H groups in total. The van der Waals surface area contributed by atoms with Crippen LogP contribution in [0.1, 0.15) is 23.1 Å². The molecule has 0 atom stereocenters. The molecule has 0 aliphatic heterocycles. The van der Waals surface area contributed by atoms with Crippen molar-refractivity contribution in [1.82, 2.24) is 0 Å². The first kappa shape index (κ1) is 11.8. The summed E-state index contributed by atoms with van der Waals surface area (Å²) in [6.07, 6.45) is 2.28. The van der Waals surface area contributed by atoms with Gasteiger partial charge in [0.1, 0.15) is 5.82 Å². The maximum atomic E-state index is 13.5. The van der Waals surface area contributed by atoms with Crippen LogP contribution >= 0.6 is 0 Å². The molecule has 0 amide bonds. The molecule has 0 saturated heterocycles. The molecule has 0 heterocycles. The van der Waals surface area contributed by atoms with Crippen LogP contribution in [0.2, 0.25) is 0 Å². The Morgan fingerprint density at radius 1 is 0.941 bits per heavy atom. The minimum Gasteiger partial charge on any atom is -0.207 e. The highest BCUT2D eigenvalue weighted by Crippen LogP contribution is 2.15. The summed E-state index contributed by atoms with van der Waals surface area (Å²) in [5, 5.41) is 0. The quantitative estimate of drug-likeness (QED) is 0.735. The van der Waals surface area contributed by atoms with Gasteiger partial charge >= 0.3 is 0 Å². The molecule has 0 aromatic heterocycles. The van der Waals surface area contributed by atoms with Gasteiger partial charge in [0, 0.05) is 0 Å². The highest BCUT2D eigenvalue weighted by molar-refractivity contribution is 5.30. The number of benzene rings is 2. The van der Waals surface area contributed by atoms with Crippen molar-refractivity contribution in [3.8, 4) is 0 Å². The summed E-state index contributed by atoms with van der Waals surface area (Å²) >= 11 is 0. The van der Waals surface area contributed by atoms with Crippen LogP contribution in [-0.4, -0.2) is 0 Å². The highest BCUT2D eigenvalue weighted by Gasteiger charge is 2.03. The summed E-state index contributed by atoms with van der Waals surface area (Å²) in [6, 6.07) is 15.6. The molecular weight excluding hydrogens is 211 g/mol. The predicted molar refractivity (Wildman–Crippen MR) is 69.3 cm³/mol. The molecule has 17 heavy (non-hydrogen) atoms. The maximum Gasteiger partial charge on any atom is 0.126 e. The first-order valence-electron chi connectivity index (χ1n) is 5.90. The van der Waals surface area contributed by atoms with Crippen LogP contribution in [0.25, 0.3) is 0 Å². The molecular formula is C16H16F. The second kappa shape index (κ2) is 5.62. The van der Waals surface area contributed by atoms with Gasteiger partial charge in [-0.1, -0.05) is 49.4 Å². The molecule has 1 radical (unpaired) electrons. The molecule has 0 aliphatic rings. The Kier molecular flexibility index (Phi) is 3.92. The Bertz CT molecular complexity index is 474. The van der Waals surface area contributed by atoms with Gasteiger partial charge in [-0.3, -0.25) is 0 Å². The Morgan fingerprint density at radius 2 is 1.71 bits per heavy atom. The number of halogens is 1. The fraction of sp³-hybridized carbons (Fsp3) is 0.188. The largest absolute Gasteiger partial charge is 0.207 e. The van der Waals surface area contributed by atoms with Gasteiger partial charge in [-0.2, -0.15) is 0 Å². The zero-order chi connectivity index (χ0) is 12.1. The van der Waals surface area contributed by atoms with E-state index in [1.165, 1.54) is 5.56 Å². The van der Waals surface area contributed by atoms with E-state index < -0.39 is 0 Å². The van der Waals surface area contributed by atoms with Gasteiger partial charge in [0.15, 0.2) is 0 Å². The molecule has 1 heteroatoms. The molecule has 2 aromatic rings. The highest BCUT2D eigenvalue weighted by atomic mass is 19.1. The van der Waals surface area contributed by atoms with E-state index in [1.807, 2.05) is 30.3 Å². The first-order valence-corrected chi connectivity index (χ1v) is 5.90. The number of hydrogen-bond acceptors (Lipinski definition) is 0. The van der Waals surface area contributed by atoms with Crippen molar-refractivity contribution in [2.45, 2.75) is 19.3 Å². The van der Waals surface area contributed by atoms with Crippen LogP contribution in [0.4, 0.5) is 4.39 Å². The van der Waals surface area contributed by atoms with Crippen LogP contribution in [-0.2, 0) is 12.8 Å². The Hall–Kier alpha value is -1.63. The maximum absolute atomic E-state index is 13.5. The zero-order valence-electron chi connectivity index (χ0n) is 9.83. The molecule has 0 spiro atoms. The summed E-state index contributed by atoms with van der Waals surface area (Å²) in [6.45, 7) is 3.77. The van der Waals surface area contributed by atoms with Crippen LogP contribution in [0, 0.1) is 12.7 Å². The van der Waals surface area contributed by atoms with Gasteiger partial charge in [0.25, 0.3) is 0 Å². The molecule has 87 valence electrons. The van der Waals surface area contributed by atoms with Gasteiger partial charge in [-0.15, -0.1) is 0 Å². The van der Waals surface area contributed by atoms with Gasteiger partial charge < -0.3 is 0 Å². The minimum absolute atomic E-state index is 0.120. The fourth-order valence-corrected chi connectivity index (χ4v) is 1.95. The third-order valence-electron chi connectivity index (χ3n) is 2.81. The zero-order valence-corrected chi connectivity index (χ0v) is 9.83. The Balaban J connectivity index is 2.19. The first-order chi connectivity index (χ1) is 8.29. The number of rotatable bonds is 4. The van der Waals surface area contributed by atoms with E-state index in [2.05, 4.69) is 19.1 Å². The molecule has 0 bridgehead atoms. The van der Waals surface area contributed by atoms with Crippen molar-refractivity contribution in [3.63, 3.8) is 0 Å². The van der Waals surface area contributed by atoms with Gasteiger partial charge in [-0.25, -0.2) is 4.39 Å². The van der Waals surface area contributed by atoms with E-state index in [1.54, 1.807) is 6.07 Å². The standard InChI is InChI=1S/C16H16F/c1-2-6-15-12-14(9-10-16(15)17)11-13-7-4-3-5-8-13/h3-5,7-10,12H,1-2,6,11H2. The lowest BCUT2D eigenvalue weighted by atomic mass is 10.0.